The van der Waals surface area contributed by atoms with Crippen LogP contribution in [0.3, 0.4) is 0 Å². The van der Waals surface area contributed by atoms with Crippen LogP contribution in [-0.4, -0.2) is 59.9 Å². The first kappa shape index (κ1) is 27.6. The van der Waals surface area contributed by atoms with Gasteiger partial charge in [-0.2, -0.15) is 0 Å². The van der Waals surface area contributed by atoms with Crippen LogP contribution in [0.4, 0.5) is 0 Å². The summed E-state index contributed by atoms with van der Waals surface area (Å²) in [4.78, 5) is 58.2. The van der Waals surface area contributed by atoms with Crippen LogP contribution in [0.1, 0.15) is 33.6 Å². The number of esters is 4. The standard InChI is InChI=1S/C21H28O10/c1-7-17(24)29-13(4)21(14(5)30-18(25)8-2,15(6)31-19(26)9-3)12-28-20(27)11-10-16(22)23/h7-9,13-15H,1-3,10-12H2,4-6H3,(H,22,23). The normalized spacial score (nSPS) is 15.1. The van der Waals surface area contributed by atoms with E-state index in [1.54, 1.807) is 0 Å². The molecular formula is C21H28O10. The molecule has 10 nitrogen and oxygen atoms in total. The smallest absolute Gasteiger partial charge is 0.330 e. The number of hydrogen-bond donors (Lipinski definition) is 1. The van der Waals surface area contributed by atoms with Crippen molar-refractivity contribution in [2.24, 2.45) is 5.41 Å². The topological polar surface area (TPSA) is 143 Å². The van der Waals surface area contributed by atoms with E-state index in [0.29, 0.717) is 0 Å². The molecular weight excluding hydrogens is 412 g/mol. The lowest BCUT2D eigenvalue weighted by molar-refractivity contribution is -0.202. The fourth-order valence-electron chi connectivity index (χ4n) is 2.83. The predicted octanol–water partition coefficient (Wildman–Crippen LogP) is 1.73. The maximum atomic E-state index is 12.0. The number of carboxylic acids is 1. The Kier molecular flexibility index (Phi) is 11.6. The summed E-state index contributed by atoms with van der Waals surface area (Å²) in [5.41, 5.74) is -1.57. The number of carbonyl (C=O) groups is 5. The lowest BCUT2D eigenvalue weighted by atomic mass is 9.73. The van der Waals surface area contributed by atoms with Gasteiger partial charge in [-0.25, -0.2) is 14.4 Å². The van der Waals surface area contributed by atoms with Crippen molar-refractivity contribution >= 4 is 29.8 Å². The average molecular weight is 440 g/mol. The van der Waals surface area contributed by atoms with Gasteiger partial charge in [-0.3, -0.25) is 9.59 Å². The summed E-state index contributed by atoms with van der Waals surface area (Å²) in [6.07, 6.45) is -1.53. The molecule has 31 heavy (non-hydrogen) atoms. The number of carboxylic acid groups (broad SMARTS) is 1. The van der Waals surface area contributed by atoms with Gasteiger partial charge in [-0.1, -0.05) is 19.7 Å². The lowest BCUT2D eigenvalue weighted by Crippen LogP contribution is -2.57. The summed E-state index contributed by atoms with van der Waals surface area (Å²) in [7, 11) is 0. The van der Waals surface area contributed by atoms with Crippen LogP contribution in [0.25, 0.3) is 0 Å². The van der Waals surface area contributed by atoms with Gasteiger partial charge >= 0.3 is 29.8 Å². The van der Waals surface area contributed by atoms with Crippen LogP contribution in [0.15, 0.2) is 38.0 Å². The van der Waals surface area contributed by atoms with Crippen molar-refractivity contribution in [3.8, 4) is 0 Å². The highest BCUT2D eigenvalue weighted by molar-refractivity contribution is 5.82. The number of ether oxygens (including phenoxy) is 4. The summed E-state index contributed by atoms with van der Waals surface area (Å²) in [6.45, 7) is 13.7. The van der Waals surface area contributed by atoms with Crippen molar-refractivity contribution in [1.82, 2.24) is 0 Å². The number of aliphatic carboxylic acids is 1. The Morgan fingerprint density at radius 1 is 0.774 bits per heavy atom. The van der Waals surface area contributed by atoms with E-state index in [2.05, 4.69) is 19.7 Å². The van der Waals surface area contributed by atoms with Crippen molar-refractivity contribution in [2.75, 3.05) is 6.61 Å². The van der Waals surface area contributed by atoms with Crippen LogP contribution < -0.4 is 0 Å². The first-order chi connectivity index (χ1) is 14.4. The third kappa shape index (κ3) is 8.45. The molecule has 0 aliphatic carbocycles. The minimum absolute atomic E-state index is 0.423. The summed E-state index contributed by atoms with van der Waals surface area (Å²) >= 11 is 0. The molecule has 172 valence electrons. The molecule has 1 N–H and O–H groups in total. The number of carbonyl (C=O) groups excluding carboxylic acids is 4. The van der Waals surface area contributed by atoms with E-state index in [9.17, 15) is 24.0 Å². The Labute approximate surface area is 180 Å². The van der Waals surface area contributed by atoms with Gasteiger partial charge in [0.25, 0.3) is 0 Å². The van der Waals surface area contributed by atoms with Gasteiger partial charge in [0.05, 0.1) is 12.8 Å². The molecule has 0 aliphatic rings. The predicted molar refractivity (Wildman–Crippen MR) is 108 cm³/mol. The molecule has 0 amide bonds. The summed E-state index contributed by atoms with van der Waals surface area (Å²) in [6, 6.07) is 0. The van der Waals surface area contributed by atoms with E-state index in [1.807, 2.05) is 0 Å². The van der Waals surface area contributed by atoms with Gasteiger partial charge in [0, 0.05) is 18.2 Å². The highest BCUT2D eigenvalue weighted by Crippen LogP contribution is 2.38. The summed E-state index contributed by atoms with van der Waals surface area (Å²) < 4.78 is 21.1. The molecule has 0 heterocycles. The van der Waals surface area contributed by atoms with Gasteiger partial charge in [0.2, 0.25) is 0 Å². The second-order valence-electron chi connectivity index (χ2n) is 6.52. The van der Waals surface area contributed by atoms with Crippen LogP contribution in [0.5, 0.6) is 0 Å². The summed E-state index contributed by atoms with van der Waals surface area (Å²) in [5, 5.41) is 8.73. The molecule has 0 saturated heterocycles. The quantitative estimate of drug-likeness (QED) is 0.241. The Morgan fingerprint density at radius 3 is 1.42 bits per heavy atom. The highest BCUT2D eigenvalue weighted by Gasteiger charge is 2.53. The van der Waals surface area contributed by atoms with E-state index in [4.69, 9.17) is 24.1 Å². The molecule has 0 aliphatic heterocycles. The monoisotopic (exact) mass is 440 g/mol. The van der Waals surface area contributed by atoms with Gasteiger partial charge < -0.3 is 24.1 Å². The molecule has 3 unspecified atom stereocenters. The van der Waals surface area contributed by atoms with Gasteiger partial charge in [-0.15, -0.1) is 0 Å². The van der Waals surface area contributed by atoms with E-state index >= 15 is 0 Å². The zero-order valence-corrected chi connectivity index (χ0v) is 17.8. The van der Waals surface area contributed by atoms with Crippen molar-refractivity contribution < 1.29 is 48.0 Å². The molecule has 0 rings (SSSR count). The largest absolute Gasteiger partial charge is 0.481 e. The third-order valence-electron chi connectivity index (χ3n) is 4.68. The van der Waals surface area contributed by atoms with Crippen molar-refractivity contribution in [3.63, 3.8) is 0 Å². The number of hydrogen-bond acceptors (Lipinski definition) is 9. The maximum Gasteiger partial charge on any atom is 0.330 e. The maximum absolute atomic E-state index is 12.0. The van der Waals surface area contributed by atoms with Crippen molar-refractivity contribution in [3.05, 3.63) is 38.0 Å². The van der Waals surface area contributed by atoms with Crippen LogP contribution in [-0.2, 0) is 42.9 Å². The Morgan fingerprint density at radius 2 is 1.13 bits per heavy atom. The zero-order chi connectivity index (χ0) is 24.2. The van der Waals surface area contributed by atoms with E-state index in [-0.39, 0.29) is 0 Å². The Balaban J connectivity index is 6.16. The molecule has 0 saturated carbocycles. The molecule has 0 aromatic heterocycles. The van der Waals surface area contributed by atoms with E-state index < -0.39 is 73.0 Å². The number of rotatable bonds is 14. The molecule has 10 heteroatoms. The van der Waals surface area contributed by atoms with Crippen molar-refractivity contribution in [1.29, 1.82) is 0 Å². The third-order valence-corrected chi connectivity index (χ3v) is 4.68. The minimum atomic E-state index is -1.57. The SMILES string of the molecule is C=CC(=O)OC(C)C(COC(=O)CCC(=O)O)(C(C)OC(=O)C=C)C(C)OC(=O)C=C. The molecule has 0 radical (unpaired) electrons. The molecule has 0 bridgehead atoms. The highest BCUT2D eigenvalue weighted by atomic mass is 16.6. The zero-order valence-electron chi connectivity index (χ0n) is 17.8. The second-order valence-corrected chi connectivity index (χ2v) is 6.52. The molecule has 0 aromatic rings. The van der Waals surface area contributed by atoms with Gasteiger partial charge in [0.15, 0.2) is 0 Å². The van der Waals surface area contributed by atoms with Crippen LogP contribution in [0.2, 0.25) is 0 Å². The van der Waals surface area contributed by atoms with Gasteiger partial charge in [0.1, 0.15) is 30.3 Å². The molecule has 0 fully saturated rings. The lowest BCUT2D eigenvalue weighted by Gasteiger charge is -2.44. The Bertz CT molecular complexity index is 654. The van der Waals surface area contributed by atoms with E-state index in [0.717, 1.165) is 18.2 Å². The fourth-order valence-corrected chi connectivity index (χ4v) is 2.83. The first-order valence-electron chi connectivity index (χ1n) is 9.31. The molecule has 0 aromatic carbocycles. The van der Waals surface area contributed by atoms with Crippen LogP contribution >= 0.6 is 0 Å². The summed E-state index contributed by atoms with van der Waals surface area (Å²) in [5.74, 6) is -4.52. The van der Waals surface area contributed by atoms with E-state index in [1.165, 1.54) is 20.8 Å². The second kappa shape index (κ2) is 13.0. The first-order valence-corrected chi connectivity index (χ1v) is 9.31. The fraction of sp³-hybridized carbons (Fsp3) is 0.476. The van der Waals surface area contributed by atoms with Gasteiger partial charge in [-0.05, 0) is 20.8 Å². The molecule has 3 atom stereocenters. The average Bonchev–Trinajstić information content (AvgIpc) is 2.71. The molecule has 0 spiro atoms. The van der Waals surface area contributed by atoms with Crippen molar-refractivity contribution in [2.45, 2.75) is 51.9 Å². The van der Waals surface area contributed by atoms with Crippen LogP contribution in [0, 0.1) is 5.41 Å². The Hall–Kier alpha value is -3.43. The minimum Gasteiger partial charge on any atom is -0.481 e.